The van der Waals surface area contributed by atoms with Gasteiger partial charge in [0, 0.05) is 11.8 Å². The number of nitrogens with zero attached hydrogens (tertiary/aromatic N) is 1. The molecule has 1 aromatic heterocycles. The predicted octanol–water partition coefficient (Wildman–Crippen LogP) is 4.87. The molecular weight excluding hydrogens is 367 g/mol. The molecule has 0 radical (unpaired) electrons. The van der Waals surface area contributed by atoms with E-state index in [1.165, 1.54) is 22.8 Å². The maximum atomic E-state index is 13.0. The zero-order chi connectivity index (χ0) is 20.2. The second-order valence-corrected chi connectivity index (χ2v) is 6.51. The maximum Gasteiger partial charge on any atom is 0.330 e. The number of nitrogens with one attached hydrogen (secondary N) is 1. The normalized spacial score (nSPS) is 11.1. The highest BCUT2D eigenvalue weighted by Crippen LogP contribution is 2.17. The minimum atomic E-state index is -0.326. The Labute approximate surface area is 166 Å². The van der Waals surface area contributed by atoms with Crippen molar-refractivity contribution < 1.29 is 9.18 Å². The van der Waals surface area contributed by atoms with E-state index in [9.17, 15) is 14.0 Å². The third kappa shape index (κ3) is 4.14. The van der Waals surface area contributed by atoms with Crippen LogP contribution in [0.2, 0.25) is 0 Å². The molecular formula is C24H17FN2O2. The number of carbonyl (C=O) groups excluding carboxylic acids is 1. The van der Waals surface area contributed by atoms with Gasteiger partial charge in [0.15, 0.2) is 5.78 Å². The summed E-state index contributed by atoms with van der Waals surface area (Å²) >= 11 is 0. The number of rotatable bonds is 5. The predicted molar refractivity (Wildman–Crippen MR) is 112 cm³/mol. The van der Waals surface area contributed by atoms with Crippen LogP contribution in [0.15, 0.2) is 95.9 Å². The minimum absolute atomic E-state index is 0.206. The van der Waals surface area contributed by atoms with Gasteiger partial charge in [0.1, 0.15) is 5.82 Å². The summed E-state index contributed by atoms with van der Waals surface area (Å²) in [5.41, 5.74) is 3.09. The van der Waals surface area contributed by atoms with Crippen LogP contribution in [0.5, 0.6) is 0 Å². The highest BCUT2D eigenvalue weighted by molar-refractivity contribution is 6.07. The van der Waals surface area contributed by atoms with Crippen LogP contribution >= 0.6 is 0 Å². The van der Waals surface area contributed by atoms with Crippen LogP contribution in [0.25, 0.3) is 23.0 Å². The molecule has 1 heterocycles. The Kier molecular flexibility index (Phi) is 5.03. The van der Waals surface area contributed by atoms with Crippen LogP contribution in [0.3, 0.4) is 0 Å². The summed E-state index contributed by atoms with van der Waals surface area (Å²) in [6.45, 7) is 0. The van der Waals surface area contributed by atoms with E-state index in [2.05, 4.69) is 4.98 Å². The minimum Gasteiger partial charge on any atom is -0.305 e. The average Bonchev–Trinajstić information content (AvgIpc) is 3.15. The first-order valence-electron chi connectivity index (χ1n) is 9.06. The van der Waals surface area contributed by atoms with E-state index < -0.39 is 0 Å². The highest BCUT2D eigenvalue weighted by Gasteiger charge is 2.09. The summed E-state index contributed by atoms with van der Waals surface area (Å²) in [5, 5.41) is 0. The first kappa shape index (κ1) is 18.4. The third-order valence-electron chi connectivity index (χ3n) is 4.51. The number of imidazole rings is 1. The van der Waals surface area contributed by atoms with Gasteiger partial charge in [-0.25, -0.2) is 9.18 Å². The van der Waals surface area contributed by atoms with Gasteiger partial charge in [0.05, 0.1) is 11.4 Å². The van der Waals surface area contributed by atoms with Crippen molar-refractivity contribution in [2.75, 3.05) is 0 Å². The number of benzene rings is 3. The number of aromatic nitrogens is 2. The van der Waals surface area contributed by atoms with Gasteiger partial charge in [-0.1, -0.05) is 60.7 Å². The van der Waals surface area contributed by atoms with Gasteiger partial charge in [-0.2, -0.15) is 0 Å². The third-order valence-corrected chi connectivity index (χ3v) is 4.51. The molecule has 0 fully saturated rings. The lowest BCUT2D eigenvalue weighted by Crippen LogP contribution is -2.14. The molecule has 4 aromatic rings. The number of aromatic amines is 1. The largest absolute Gasteiger partial charge is 0.330 e. The first-order valence-corrected chi connectivity index (χ1v) is 9.06. The van der Waals surface area contributed by atoms with Crippen molar-refractivity contribution in [3.05, 3.63) is 119 Å². The summed E-state index contributed by atoms with van der Waals surface area (Å²) in [6.07, 6.45) is 4.78. The SMILES string of the molecule is O=C(C=Cc1ccc(F)cc1)c1cccc(-n2cc(-c3ccccc3)[nH]c2=O)c1. The molecule has 4 nitrogen and oxygen atoms in total. The van der Waals surface area contributed by atoms with Gasteiger partial charge in [-0.05, 0) is 41.5 Å². The number of hydrogen-bond donors (Lipinski definition) is 1. The Morgan fingerprint density at radius 2 is 1.69 bits per heavy atom. The van der Waals surface area contributed by atoms with Crippen molar-refractivity contribution in [1.82, 2.24) is 9.55 Å². The summed E-state index contributed by atoms with van der Waals surface area (Å²) < 4.78 is 14.5. The van der Waals surface area contributed by atoms with E-state index in [1.807, 2.05) is 30.3 Å². The Morgan fingerprint density at radius 3 is 2.45 bits per heavy atom. The summed E-state index contributed by atoms with van der Waals surface area (Å²) in [7, 11) is 0. The molecule has 0 amide bonds. The van der Waals surface area contributed by atoms with Crippen LogP contribution in [-0.4, -0.2) is 15.3 Å². The van der Waals surface area contributed by atoms with E-state index in [1.54, 1.807) is 48.7 Å². The van der Waals surface area contributed by atoms with Crippen molar-refractivity contribution in [2.24, 2.45) is 0 Å². The molecule has 0 bridgehead atoms. The molecule has 1 N–H and O–H groups in total. The number of H-pyrrole nitrogens is 1. The fourth-order valence-corrected chi connectivity index (χ4v) is 3.00. The standard InChI is InChI=1S/C24H17FN2O2/c25-20-12-9-17(10-13-20)11-14-23(28)19-7-4-8-21(15-19)27-16-22(26-24(27)29)18-5-2-1-3-6-18/h1-16H,(H,26,29). The fraction of sp³-hybridized carbons (Fsp3) is 0. The summed E-state index contributed by atoms with van der Waals surface area (Å²) in [6, 6.07) is 22.3. The molecule has 0 unspecified atom stereocenters. The van der Waals surface area contributed by atoms with Crippen molar-refractivity contribution >= 4 is 11.9 Å². The molecule has 142 valence electrons. The van der Waals surface area contributed by atoms with Gasteiger partial charge in [0.25, 0.3) is 0 Å². The number of halogens is 1. The Bertz CT molecular complexity index is 1240. The van der Waals surface area contributed by atoms with E-state index in [4.69, 9.17) is 0 Å². The van der Waals surface area contributed by atoms with Crippen LogP contribution < -0.4 is 5.69 Å². The molecule has 0 aliphatic rings. The van der Waals surface area contributed by atoms with Crippen molar-refractivity contribution in [1.29, 1.82) is 0 Å². The van der Waals surface area contributed by atoms with E-state index in [-0.39, 0.29) is 17.3 Å². The lowest BCUT2D eigenvalue weighted by Gasteiger charge is -2.03. The van der Waals surface area contributed by atoms with E-state index in [0.717, 1.165) is 11.1 Å². The monoisotopic (exact) mass is 384 g/mol. The molecule has 0 aliphatic carbocycles. The van der Waals surface area contributed by atoms with Crippen LogP contribution in [0.4, 0.5) is 4.39 Å². The van der Waals surface area contributed by atoms with Crippen LogP contribution in [0.1, 0.15) is 15.9 Å². The maximum absolute atomic E-state index is 13.0. The second-order valence-electron chi connectivity index (χ2n) is 6.51. The lowest BCUT2D eigenvalue weighted by atomic mass is 10.1. The Balaban J connectivity index is 1.61. The molecule has 3 aromatic carbocycles. The topological polar surface area (TPSA) is 54.9 Å². The quantitative estimate of drug-likeness (QED) is 0.394. The van der Waals surface area contributed by atoms with Gasteiger partial charge >= 0.3 is 5.69 Å². The number of hydrogen-bond acceptors (Lipinski definition) is 2. The first-order chi connectivity index (χ1) is 14.1. The van der Waals surface area contributed by atoms with Gasteiger partial charge < -0.3 is 4.98 Å². The summed E-state index contributed by atoms with van der Waals surface area (Å²) in [4.78, 5) is 27.8. The molecule has 0 atom stereocenters. The molecule has 5 heteroatoms. The summed E-state index contributed by atoms with van der Waals surface area (Å²) in [5.74, 6) is -0.531. The Morgan fingerprint density at radius 1 is 0.931 bits per heavy atom. The lowest BCUT2D eigenvalue weighted by molar-refractivity contribution is 0.104. The van der Waals surface area contributed by atoms with Crippen molar-refractivity contribution in [3.63, 3.8) is 0 Å². The zero-order valence-corrected chi connectivity index (χ0v) is 15.4. The van der Waals surface area contributed by atoms with E-state index in [0.29, 0.717) is 16.9 Å². The molecule has 0 spiro atoms. The smallest absolute Gasteiger partial charge is 0.305 e. The number of ketones is 1. The highest BCUT2D eigenvalue weighted by atomic mass is 19.1. The molecule has 0 aliphatic heterocycles. The number of carbonyl (C=O) groups is 1. The molecule has 0 saturated heterocycles. The average molecular weight is 384 g/mol. The molecule has 0 saturated carbocycles. The molecule has 4 rings (SSSR count). The number of allylic oxidation sites excluding steroid dienone is 1. The van der Waals surface area contributed by atoms with Crippen LogP contribution in [-0.2, 0) is 0 Å². The fourth-order valence-electron chi connectivity index (χ4n) is 3.00. The second kappa shape index (κ2) is 7.94. The van der Waals surface area contributed by atoms with Gasteiger partial charge in [-0.15, -0.1) is 0 Å². The van der Waals surface area contributed by atoms with E-state index >= 15 is 0 Å². The van der Waals surface area contributed by atoms with Crippen LogP contribution in [0, 0.1) is 5.82 Å². The van der Waals surface area contributed by atoms with Gasteiger partial charge in [0.2, 0.25) is 0 Å². The zero-order valence-electron chi connectivity index (χ0n) is 15.4. The Hall–Kier alpha value is -3.99. The van der Waals surface area contributed by atoms with Gasteiger partial charge in [-0.3, -0.25) is 9.36 Å². The van der Waals surface area contributed by atoms with Crippen molar-refractivity contribution in [2.45, 2.75) is 0 Å². The molecule has 29 heavy (non-hydrogen) atoms. The van der Waals surface area contributed by atoms with Crippen molar-refractivity contribution in [3.8, 4) is 16.9 Å².